The number of hydrogen-bond acceptors (Lipinski definition) is 8. The minimum atomic E-state index is -1.02. The van der Waals surface area contributed by atoms with Crippen molar-refractivity contribution < 1.29 is 28.8 Å². The lowest BCUT2D eigenvalue weighted by molar-refractivity contribution is -0.145. The van der Waals surface area contributed by atoms with E-state index >= 15 is 0 Å². The Hall–Kier alpha value is -4.16. The molecule has 0 bridgehead atoms. The number of nitrogens with zero attached hydrogens (tertiary/aromatic N) is 3. The summed E-state index contributed by atoms with van der Waals surface area (Å²) in [7, 11) is 0. The fraction of sp³-hybridized carbons (Fsp3) is 0.684. The van der Waals surface area contributed by atoms with Gasteiger partial charge >= 0.3 is 0 Å². The van der Waals surface area contributed by atoms with Gasteiger partial charge < -0.3 is 26.2 Å². The van der Waals surface area contributed by atoms with Crippen LogP contribution in [0.2, 0.25) is 0 Å². The summed E-state index contributed by atoms with van der Waals surface area (Å²) < 4.78 is 0. The van der Waals surface area contributed by atoms with Crippen molar-refractivity contribution in [1.29, 1.82) is 0 Å². The van der Waals surface area contributed by atoms with Gasteiger partial charge in [-0.1, -0.05) is 84.1 Å². The minimum Gasteiger partial charge on any atom is -0.346 e. The van der Waals surface area contributed by atoms with Crippen LogP contribution in [0.25, 0.3) is 0 Å². The molecule has 4 aliphatic rings. The fourth-order valence-electron chi connectivity index (χ4n) is 8.55. The van der Waals surface area contributed by atoms with E-state index < -0.39 is 53.6 Å². The van der Waals surface area contributed by atoms with Gasteiger partial charge in [0.05, 0.1) is 12.2 Å². The number of carbonyl (C=O) groups excluding carboxylic acids is 6. The maximum absolute atomic E-state index is 14.5. The van der Waals surface area contributed by atoms with Crippen LogP contribution in [0, 0.1) is 23.2 Å². The van der Waals surface area contributed by atoms with Gasteiger partial charge in [0, 0.05) is 25.5 Å². The SMILES string of the molecule is C=CCNC(=O)C(=O)[C@@H]1CCCCCCCCC[C@H](NC(=O)[C@@H](NC(=O)c2cnccn2)C2CCCCC2)C(=O)N2C[C@H]3[C@@H]([C@H]2C(=O)N1)C3(C)C. The van der Waals surface area contributed by atoms with Gasteiger partial charge in [0.25, 0.3) is 11.8 Å². The van der Waals surface area contributed by atoms with E-state index in [1.54, 1.807) is 4.90 Å². The second-order valence-corrected chi connectivity index (χ2v) is 15.4. The molecule has 2 aliphatic heterocycles. The van der Waals surface area contributed by atoms with Crippen LogP contribution >= 0.6 is 0 Å². The van der Waals surface area contributed by atoms with Gasteiger partial charge in [0.1, 0.15) is 23.8 Å². The van der Waals surface area contributed by atoms with Crippen molar-refractivity contribution in [3.05, 3.63) is 36.9 Å². The molecular formula is C38H55N7O6. The van der Waals surface area contributed by atoms with Gasteiger partial charge in [0.2, 0.25) is 23.5 Å². The first-order valence-corrected chi connectivity index (χ1v) is 19.0. The fourth-order valence-corrected chi connectivity index (χ4v) is 8.55. The number of Topliss-reactive ketones (excluding diaryl/α,β-unsaturated/α-hetero) is 1. The van der Waals surface area contributed by atoms with Crippen LogP contribution in [0.5, 0.6) is 0 Å². The molecule has 0 spiro atoms. The molecule has 0 unspecified atom stereocenters. The molecule has 5 amide bonds. The molecule has 2 aliphatic carbocycles. The Morgan fingerprint density at radius 3 is 2.27 bits per heavy atom. The van der Waals surface area contributed by atoms with E-state index in [9.17, 15) is 28.8 Å². The molecule has 4 fully saturated rings. The predicted octanol–water partition coefficient (Wildman–Crippen LogP) is 3.00. The summed E-state index contributed by atoms with van der Waals surface area (Å²) in [5.74, 6) is -3.34. The summed E-state index contributed by atoms with van der Waals surface area (Å²) in [5.41, 5.74) is -0.0785. The third kappa shape index (κ3) is 9.20. The molecule has 1 aromatic heterocycles. The highest BCUT2D eigenvalue weighted by molar-refractivity contribution is 6.38. The van der Waals surface area contributed by atoms with E-state index in [4.69, 9.17) is 0 Å². The van der Waals surface area contributed by atoms with Crippen molar-refractivity contribution in [2.75, 3.05) is 13.1 Å². The highest BCUT2D eigenvalue weighted by Crippen LogP contribution is 2.65. The third-order valence-electron chi connectivity index (χ3n) is 11.6. The molecule has 5 rings (SSSR count). The summed E-state index contributed by atoms with van der Waals surface area (Å²) in [6, 6.07) is -3.63. The van der Waals surface area contributed by atoms with Gasteiger partial charge in [-0.3, -0.25) is 33.8 Å². The Balaban J connectivity index is 1.39. The summed E-state index contributed by atoms with van der Waals surface area (Å²) in [4.78, 5) is 91.7. The smallest absolute Gasteiger partial charge is 0.289 e. The second kappa shape index (κ2) is 17.4. The van der Waals surface area contributed by atoms with Gasteiger partial charge in [-0.15, -0.1) is 6.58 Å². The molecule has 4 N–H and O–H groups in total. The van der Waals surface area contributed by atoms with Crippen LogP contribution in [0.3, 0.4) is 0 Å². The number of ketones is 1. The molecule has 1 aromatic rings. The van der Waals surface area contributed by atoms with E-state index in [0.29, 0.717) is 25.8 Å². The quantitative estimate of drug-likeness (QED) is 0.224. The molecule has 2 saturated carbocycles. The Morgan fingerprint density at radius 1 is 0.961 bits per heavy atom. The molecule has 13 heteroatoms. The van der Waals surface area contributed by atoms with Crippen molar-refractivity contribution >= 4 is 35.3 Å². The summed E-state index contributed by atoms with van der Waals surface area (Å²) in [6.45, 7) is 8.23. The second-order valence-electron chi connectivity index (χ2n) is 15.4. The van der Waals surface area contributed by atoms with Crippen molar-refractivity contribution in [3.8, 4) is 0 Å². The first kappa shape index (κ1) is 38.1. The molecule has 0 radical (unpaired) electrons. The molecule has 278 valence electrons. The standard InChI is InChI=1S/C38H55N7O6/c1-4-19-41-36(50)32(46)26-17-13-8-6-5-7-9-14-18-27(37(51)45-23-25-29(38(25,2)3)31(45)35(49)42-26)43-34(48)30(24-15-11-10-12-16-24)44-33(47)28-22-39-20-21-40-28/h4,20-22,24-27,29-31H,1,5-19,23H2,2-3H3,(H,41,50)(H,42,49)(H,43,48)(H,44,47)/t25-,26-,27-,29-,30-,31-/m0/s1. The maximum atomic E-state index is 14.5. The monoisotopic (exact) mass is 705 g/mol. The Bertz CT molecular complexity index is 1450. The topological polar surface area (TPSA) is 180 Å². The normalized spacial score (nSPS) is 27.9. The first-order chi connectivity index (χ1) is 24.5. The summed E-state index contributed by atoms with van der Waals surface area (Å²) in [5, 5.41) is 11.4. The lowest BCUT2D eigenvalue weighted by Crippen LogP contribution is -2.60. The van der Waals surface area contributed by atoms with Crippen LogP contribution in [0.4, 0.5) is 0 Å². The largest absolute Gasteiger partial charge is 0.346 e. The molecule has 0 aromatic carbocycles. The third-order valence-corrected chi connectivity index (χ3v) is 11.6. The number of fused-ring (bicyclic) bond motifs is 3. The summed E-state index contributed by atoms with van der Waals surface area (Å²) in [6.07, 6.45) is 17.0. The van der Waals surface area contributed by atoms with Crippen molar-refractivity contribution in [2.45, 2.75) is 128 Å². The van der Waals surface area contributed by atoms with Crippen molar-refractivity contribution in [2.24, 2.45) is 23.2 Å². The average molecular weight is 706 g/mol. The molecule has 13 nitrogen and oxygen atoms in total. The predicted molar refractivity (Wildman–Crippen MR) is 190 cm³/mol. The van der Waals surface area contributed by atoms with E-state index in [-0.39, 0.29) is 41.3 Å². The first-order valence-electron chi connectivity index (χ1n) is 19.0. The van der Waals surface area contributed by atoms with E-state index in [2.05, 4.69) is 51.7 Å². The van der Waals surface area contributed by atoms with Crippen LogP contribution in [-0.4, -0.2) is 87.4 Å². The number of carbonyl (C=O) groups is 6. The Morgan fingerprint density at radius 2 is 1.61 bits per heavy atom. The maximum Gasteiger partial charge on any atom is 0.289 e. The Kier molecular flexibility index (Phi) is 13.0. The molecule has 6 atom stereocenters. The van der Waals surface area contributed by atoms with Gasteiger partial charge in [-0.25, -0.2) is 4.98 Å². The van der Waals surface area contributed by atoms with Gasteiger partial charge in [-0.2, -0.15) is 0 Å². The van der Waals surface area contributed by atoms with Crippen LogP contribution < -0.4 is 21.3 Å². The van der Waals surface area contributed by atoms with E-state index in [1.807, 2.05) is 0 Å². The van der Waals surface area contributed by atoms with Gasteiger partial charge in [-0.05, 0) is 48.9 Å². The highest BCUT2D eigenvalue weighted by atomic mass is 16.2. The zero-order valence-electron chi connectivity index (χ0n) is 30.2. The molecule has 3 heterocycles. The number of rotatable bonds is 9. The number of aromatic nitrogens is 2. The molecule has 2 saturated heterocycles. The number of nitrogens with one attached hydrogen (secondary N) is 4. The van der Waals surface area contributed by atoms with E-state index in [1.165, 1.54) is 24.7 Å². The van der Waals surface area contributed by atoms with Crippen LogP contribution in [0.1, 0.15) is 114 Å². The summed E-state index contributed by atoms with van der Waals surface area (Å²) >= 11 is 0. The average Bonchev–Trinajstić information content (AvgIpc) is 3.43. The van der Waals surface area contributed by atoms with E-state index in [0.717, 1.165) is 70.6 Å². The van der Waals surface area contributed by atoms with Gasteiger partial charge in [0.15, 0.2) is 0 Å². The Labute approximate surface area is 300 Å². The highest BCUT2D eigenvalue weighted by Gasteiger charge is 2.69. The lowest BCUT2D eigenvalue weighted by Gasteiger charge is -2.35. The van der Waals surface area contributed by atoms with Crippen molar-refractivity contribution in [3.63, 3.8) is 0 Å². The molecule has 51 heavy (non-hydrogen) atoms. The number of amides is 5. The minimum absolute atomic E-state index is 0.0851. The number of hydrogen-bond donors (Lipinski definition) is 4. The van der Waals surface area contributed by atoms with Crippen molar-refractivity contribution in [1.82, 2.24) is 36.1 Å². The number of piperidine rings is 1. The zero-order valence-corrected chi connectivity index (χ0v) is 30.2. The van der Waals surface area contributed by atoms with Crippen LogP contribution in [0.15, 0.2) is 31.2 Å². The molecular weight excluding hydrogens is 650 g/mol. The lowest BCUT2D eigenvalue weighted by atomic mass is 9.83. The zero-order chi connectivity index (χ0) is 36.5. The van der Waals surface area contributed by atoms with Crippen LogP contribution in [-0.2, 0) is 24.0 Å².